The topological polar surface area (TPSA) is 45.2 Å². The first kappa shape index (κ1) is 13.3. The number of amides is 1. The van der Waals surface area contributed by atoms with Crippen molar-refractivity contribution in [2.24, 2.45) is 5.92 Å². The molecule has 2 rings (SSSR count). The normalized spacial score (nSPS) is 19.1. The number of aromatic nitrogens is 1. The number of nitrogens with zero attached hydrogens (tertiary/aromatic N) is 2. The van der Waals surface area contributed by atoms with Crippen molar-refractivity contribution in [3.8, 4) is 0 Å². The van der Waals surface area contributed by atoms with Crippen molar-refractivity contribution in [1.29, 1.82) is 0 Å². The van der Waals surface area contributed by atoms with E-state index in [-0.39, 0.29) is 5.91 Å². The molecule has 5 heteroatoms. The van der Waals surface area contributed by atoms with Crippen LogP contribution in [0.1, 0.15) is 30.1 Å². The fourth-order valence-corrected chi connectivity index (χ4v) is 2.65. The fraction of sp³-hybridized carbons (Fsp3) is 0.538. The van der Waals surface area contributed by atoms with E-state index in [0.29, 0.717) is 17.3 Å². The van der Waals surface area contributed by atoms with Gasteiger partial charge < -0.3 is 10.2 Å². The zero-order valence-corrected chi connectivity index (χ0v) is 12.3. The number of rotatable bonds is 3. The van der Waals surface area contributed by atoms with Gasteiger partial charge in [-0.2, -0.15) is 0 Å². The van der Waals surface area contributed by atoms with E-state index in [1.165, 1.54) is 0 Å². The molecule has 0 bridgehead atoms. The van der Waals surface area contributed by atoms with Gasteiger partial charge in [0, 0.05) is 30.8 Å². The number of hydrogen-bond acceptors (Lipinski definition) is 3. The van der Waals surface area contributed by atoms with Crippen molar-refractivity contribution >= 4 is 27.7 Å². The zero-order chi connectivity index (χ0) is 13.1. The van der Waals surface area contributed by atoms with Gasteiger partial charge in [0.1, 0.15) is 5.82 Å². The Kier molecular flexibility index (Phi) is 4.22. The molecule has 1 aromatic heterocycles. The summed E-state index contributed by atoms with van der Waals surface area (Å²) in [6, 6.07) is 1.83. The summed E-state index contributed by atoms with van der Waals surface area (Å²) >= 11 is 3.37. The quantitative estimate of drug-likeness (QED) is 0.933. The molecule has 18 heavy (non-hydrogen) atoms. The Hall–Kier alpha value is -1.10. The second-order valence-electron chi connectivity index (χ2n) is 4.61. The van der Waals surface area contributed by atoms with E-state index in [1.807, 2.05) is 11.0 Å². The zero-order valence-electron chi connectivity index (χ0n) is 10.7. The molecule has 0 aliphatic carbocycles. The minimum absolute atomic E-state index is 0.0732. The van der Waals surface area contributed by atoms with Crippen LogP contribution >= 0.6 is 15.9 Å². The first-order chi connectivity index (χ1) is 8.65. The summed E-state index contributed by atoms with van der Waals surface area (Å²) in [5, 5.41) is 2.97. The van der Waals surface area contributed by atoms with Gasteiger partial charge in [-0.1, -0.05) is 13.3 Å². The van der Waals surface area contributed by atoms with Gasteiger partial charge in [0.2, 0.25) is 0 Å². The summed E-state index contributed by atoms with van der Waals surface area (Å²) < 4.78 is 0.830. The third-order valence-corrected chi connectivity index (χ3v) is 3.91. The van der Waals surface area contributed by atoms with Crippen molar-refractivity contribution in [2.45, 2.75) is 19.8 Å². The molecular formula is C13H18BrN3O. The van der Waals surface area contributed by atoms with Crippen molar-refractivity contribution < 1.29 is 4.79 Å². The molecule has 0 saturated carbocycles. The monoisotopic (exact) mass is 311 g/mol. The number of carbonyl (C=O) groups is 1. The standard InChI is InChI=1S/C13H18BrN3O/c1-3-9-4-5-17(8-9)13(18)11-6-10(14)7-16-12(11)15-2/h6-7,9H,3-5,8H2,1-2H3,(H,15,16). The van der Waals surface area contributed by atoms with E-state index in [2.05, 4.69) is 33.2 Å². The first-order valence-electron chi connectivity index (χ1n) is 6.28. The number of likely N-dealkylation sites (tertiary alicyclic amines) is 1. The lowest BCUT2D eigenvalue weighted by Crippen LogP contribution is -2.29. The van der Waals surface area contributed by atoms with E-state index in [0.717, 1.165) is 30.4 Å². The molecule has 2 heterocycles. The summed E-state index contributed by atoms with van der Waals surface area (Å²) in [5.41, 5.74) is 0.642. The maximum Gasteiger partial charge on any atom is 0.257 e. The average molecular weight is 312 g/mol. The molecule has 0 aromatic carbocycles. The van der Waals surface area contributed by atoms with Gasteiger partial charge in [0.15, 0.2) is 0 Å². The second-order valence-corrected chi connectivity index (χ2v) is 5.53. The van der Waals surface area contributed by atoms with Crippen LogP contribution in [0.25, 0.3) is 0 Å². The highest BCUT2D eigenvalue weighted by Crippen LogP contribution is 2.24. The van der Waals surface area contributed by atoms with Gasteiger partial charge in [-0.3, -0.25) is 4.79 Å². The Morgan fingerprint density at radius 1 is 1.67 bits per heavy atom. The van der Waals surface area contributed by atoms with Gasteiger partial charge in [-0.25, -0.2) is 4.98 Å². The third-order valence-electron chi connectivity index (χ3n) is 3.47. The van der Waals surface area contributed by atoms with Gasteiger partial charge in [-0.15, -0.1) is 0 Å². The second kappa shape index (κ2) is 5.69. The molecule has 0 spiro atoms. The van der Waals surface area contributed by atoms with Gasteiger partial charge in [-0.05, 0) is 34.3 Å². The van der Waals surface area contributed by atoms with Crippen LogP contribution < -0.4 is 5.32 Å². The largest absolute Gasteiger partial charge is 0.372 e. The summed E-state index contributed by atoms with van der Waals surface area (Å²) in [7, 11) is 1.78. The Morgan fingerprint density at radius 3 is 3.06 bits per heavy atom. The predicted octanol–water partition coefficient (Wildman–Crippen LogP) is 2.76. The third kappa shape index (κ3) is 2.66. The lowest BCUT2D eigenvalue weighted by atomic mass is 10.1. The molecule has 1 amide bonds. The molecule has 1 N–H and O–H groups in total. The predicted molar refractivity (Wildman–Crippen MR) is 75.8 cm³/mol. The molecule has 4 nitrogen and oxygen atoms in total. The van der Waals surface area contributed by atoms with E-state index in [4.69, 9.17) is 0 Å². The van der Waals surface area contributed by atoms with E-state index in [9.17, 15) is 4.79 Å². The average Bonchev–Trinajstić information content (AvgIpc) is 2.86. The van der Waals surface area contributed by atoms with Gasteiger partial charge in [0.05, 0.1) is 5.56 Å². The molecule has 1 aliphatic rings. The van der Waals surface area contributed by atoms with Crippen LogP contribution in [-0.2, 0) is 0 Å². The molecule has 1 fully saturated rings. The number of anilines is 1. The van der Waals surface area contributed by atoms with Gasteiger partial charge in [0.25, 0.3) is 5.91 Å². The van der Waals surface area contributed by atoms with Crippen LogP contribution in [0.2, 0.25) is 0 Å². The highest BCUT2D eigenvalue weighted by Gasteiger charge is 2.27. The number of halogens is 1. The van der Waals surface area contributed by atoms with Crippen LogP contribution in [0.3, 0.4) is 0 Å². The molecule has 1 aliphatic heterocycles. The van der Waals surface area contributed by atoms with Crippen molar-refractivity contribution in [3.05, 3.63) is 22.3 Å². The summed E-state index contributed by atoms with van der Waals surface area (Å²) in [6.45, 7) is 3.90. The van der Waals surface area contributed by atoms with Crippen LogP contribution in [0.5, 0.6) is 0 Å². The van der Waals surface area contributed by atoms with E-state index >= 15 is 0 Å². The van der Waals surface area contributed by atoms with Crippen LogP contribution in [-0.4, -0.2) is 35.9 Å². The Bertz CT molecular complexity index is 450. The molecule has 98 valence electrons. The Balaban J connectivity index is 2.21. The van der Waals surface area contributed by atoms with E-state index in [1.54, 1.807) is 13.2 Å². The molecule has 1 aromatic rings. The first-order valence-corrected chi connectivity index (χ1v) is 7.07. The van der Waals surface area contributed by atoms with Crippen molar-refractivity contribution in [2.75, 3.05) is 25.5 Å². The van der Waals surface area contributed by atoms with Crippen LogP contribution in [0, 0.1) is 5.92 Å². The molecule has 0 radical (unpaired) electrons. The highest BCUT2D eigenvalue weighted by atomic mass is 79.9. The SMILES string of the molecule is CCC1CCN(C(=O)c2cc(Br)cnc2NC)C1. The molecule has 1 saturated heterocycles. The summed E-state index contributed by atoms with van der Waals surface area (Å²) in [4.78, 5) is 18.6. The Labute approximate surface area is 116 Å². The number of pyridine rings is 1. The van der Waals surface area contributed by atoms with Crippen LogP contribution in [0.4, 0.5) is 5.82 Å². The fourth-order valence-electron chi connectivity index (χ4n) is 2.32. The smallest absolute Gasteiger partial charge is 0.257 e. The number of nitrogens with one attached hydrogen (secondary N) is 1. The Morgan fingerprint density at radius 2 is 2.44 bits per heavy atom. The molecule has 1 unspecified atom stereocenters. The number of carbonyl (C=O) groups excluding carboxylic acids is 1. The van der Waals surface area contributed by atoms with Crippen LogP contribution in [0.15, 0.2) is 16.7 Å². The van der Waals surface area contributed by atoms with Crippen molar-refractivity contribution in [1.82, 2.24) is 9.88 Å². The number of hydrogen-bond donors (Lipinski definition) is 1. The molecule has 1 atom stereocenters. The van der Waals surface area contributed by atoms with Crippen molar-refractivity contribution in [3.63, 3.8) is 0 Å². The summed E-state index contributed by atoms with van der Waals surface area (Å²) in [5.74, 6) is 1.36. The van der Waals surface area contributed by atoms with Gasteiger partial charge >= 0.3 is 0 Å². The minimum Gasteiger partial charge on any atom is -0.372 e. The minimum atomic E-state index is 0.0732. The van der Waals surface area contributed by atoms with E-state index < -0.39 is 0 Å². The highest BCUT2D eigenvalue weighted by molar-refractivity contribution is 9.10. The lowest BCUT2D eigenvalue weighted by molar-refractivity contribution is 0.0787. The summed E-state index contributed by atoms with van der Waals surface area (Å²) in [6.07, 6.45) is 3.94. The lowest BCUT2D eigenvalue weighted by Gasteiger charge is -2.18. The maximum absolute atomic E-state index is 12.5. The molecular weight excluding hydrogens is 294 g/mol. The maximum atomic E-state index is 12.5.